The summed E-state index contributed by atoms with van der Waals surface area (Å²) in [4.78, 5) is 20.1. The highest BCUT2D eigenvalue weighted by molar-refractivity contribution is 7.17. The van der Waals surface area contributed by atoms with Crippen LogP contribution in [-0.4, -0.2) is 41.0 Å². The number of aromatic nitrogens is 1. The summed E-state index contributed by atoms with van der Waals surface area (Å²) >= 11 is 1.40. The molecule has 6 heteroatoms. The van der Waals surface area contributed by atoms with Gasteiger partial charge in [-0.15, -0.1) is 11.3 Å². The smallest absolute Gasteiger partial charge is 0.265 e. The van der Waals surface area contributed by atoms with Gasteiger partial charge in [-0.1, -0.05) is 0 Å². The van der Waals surface area contributed by atoms with Crippen molar-refractivity contribution in [3.8, 4) is 10.6 Å². The number of nitrogens with one attached hydrogen (secondary N) is 1. The lowest BCUT2D eigenvalue weighted by atomic mass is 9.98. The van der Waals surface area contributed by atoms with Crippen molar-refractivity contribution in [1.82, 2.24) is 15.2 Å². The van der Waals surface area contributed by atoms with Gasteiger partial charge in [0.2, 0.25) is 0 Å². The second-order valence-corrected chi connectivity index (χ2v) is 8.12. The molecular weight excluding hydrogens is 337 g/mol. The Bertz CT molecular complexity index is 776. The summed E-state index contributed by atoms with van der Waals surface area (Å²) in [5.41, 5.74) is 1.59. The van der Waals surface area contributed by atoms with Crippen molar-refractivity contribution >= 4 is 17.2 Å². The van der Waals surface area contributed by atoms with E-state index in [1.54, 1.807) is 12.1 Å². The van der Waals surface area contributed by atoms with E-state index in [9.17, 15) is 9.18 Å². The lowest BCUT2D eigenvalue weighted by molar-refractivity contribution is 0.0685. The van der Waals surface area contributed by atoms with Gasteiger partial charge in [-0.05, 0) is 56.9 Å². The molecule has 2 bridgehead atoms. The first-order valence-electron chi connectivity index (χ1n) is 8.78. The number of amides is 1. The molecule has 2 atom stereocenters. The zero-order valence-electron chi connectivity index (χ0n) is 14.5. The number of hydrogen-bond donors (Lipinski definition) is 1. The van der Waals surface area contributed by atoms with Crippen LogP contribution in [0.4, 0.5) is 4.39 Å². The minimum absolute atomic E-state index is 0.0506. The highest BCUT2D eigenvalue weighted by Gasteiger charge is 2.37. The Morgan fingerprint density at radius 2 is 1.88 bits per heavy atom. The maximum absolute atomic E-state index is 13.1. The molecule has 1 amide bonds. The van der Waals surface area contributed by atoms with Crippen LogP contribution in [0.1, 0.15) is 41.0 Å². The van der Waals surface area contributed by atoms with E-state index in [1.807, 2.05) is 18.9 Å². The quantitative estimate of drug-likeness (QED) is 0.910. The molecule has 2 fully saturated rings. The number of carbonyl (C=O) groups is 1. The Morgan fingerprint density at radius 3 is 2.52 bits per heavy atom. The zero-order valence-corrected chi connectivity index (χ0v) is 15.3. The van der Waals surface area contributed by atoms with Crippen LogP contribution in [0.15, 0.2) is 24.3 Å². The van der Waals surface area contributed by atoms with Gasteiger partial charge in [0, 0.05) is 30.7 Å². The number of hydrogen-bond acceptors (Lipinski definition) is 4. The van der Waals surface area contributed by atoms with Crippen LogP contribution in [0.3, 0.4) is 0 Å². The van der Waals surface area contributed by atoms with Crippen molar-refractivity contribution in [3.63, 3.8) is 0 Å². The van der Waals surface area contributed by atoms with E-state index in [4.69, 9.17) is 0 Å². The third-order valence-electron chi connectivity index (χ3n) is 5.40. The fourth-order valence-corrected chi connectivity index (χ4v) is 5.03. The van der Waals surface area contributed by atoms with E-state index in [2.05, 4.69) is 10.3 Å². The molecule has 3 heterocycles. The summed E-state index contributed by atoms with van der Waals surface area (Å²) in [6.07, 6.45) is 4.50. The van der Waals surface area contributed by atoms with Gasteiger partial charge in [0.15, 0.2) is 0 Å². The summed E-state index contributed by atoms with van der Waals surface area (Å²) in [6.45, 7) is 1.87. The fraction of sp³-hybridized carbons (Fsp3) is 0.474. The van der Waals surface area contributed by atoms with Crippen LogP contribution in [0.2, 0.25) is 0 Å². The maximum Gasteiger partial charge on any atom is 0.265 e. The van der Waals surface area contributed by atoms with Crippen molar-refractivity contribution in [3.05, 3.63) is 40.7 Å². The topological polar surface area (TPSA) is 45.2 Å². The molecule has 2 aromatic rings. The van der Waals surface area contributed by atoms with Crippen LogP contribution in [0.25, 0.3) is 10.6 Å². The molecule has 0 radical (unpaired) electrons. The summed E-state index contributed by atoms with van der Waals surface area (Å²) in [5, 5.41) is 4.38. The van der Waals surface area contributed by atoms with E-state index in [0.29, 0.717) is 23.0 Å². The van der Waals surface area contributed by atoms with E-state index >= 15 is 0 Å². The highest BCUT2D eigenvalue weighted by atomic mass is 32.1. The van der Waals surface area contributed by atoms with E-state index in [1.165, 1.54) is 36.3 Å². The lowest BCUT2D eigenvalue weighted by Gasteiger charge is -2.35. The van der Waals surface area contributed by atoms with Crippen molar-refractivity contribution in [2.24, 2.45) is 0 Å². The Labute approximate surface area is 151 Å². The normalized spacial score (nSPS) is 25.2. The minimum atomic E-state index is -0.270. The van der Waals surface area contributed by atoms with Crippen molar-refractivity contribution in [2.45, 2.75) is 50.7 Å². The molecule has 0 spiro atoms. The van der Waals surface area contributed by atoms with Crippen LogP contribution in [0.5, 0.6) is 0 Å². The molecule has 2 aliphatic rings. The molecule has 0 aliphatic carbocycles. The van der Waals surface area contributed by atoms with Gasteiger partial charge in [0.1, 0.15) is 15.7 Å². The van der Waals surface area contributed by atoms with Gasteiger partial charge in [-0.25, -0.2) is 9.37 Å². The van der Waals surface area contributed by atoms with E-state index in [-0.39, 0.29) is 11.7 Å². The molecule has 132 valence electrons. The Morgan fingerprint density at radius 1 is 1.24 bits per heavy atom. The molecule has 2 unspecified atom stereocenters. The molecule has 1 aromatic heterocycles. The standard InChI is InChI=1S/C19H22FN3OS/c1-11-17(25-18(21-11)12-3-5-13(20)6-4-12)19(24)23(2)16-9-14-7-8-15(10-16)22-14/h3-6,14-16,22H,7-10H2,1-2H3. The van der Waals surface area contributed by atoms with Crippen LogP contribution in [-0.2, 0) is 0 Å². The minimum Gasteiger partial charge on any atom is -0.338 e. The van der Waals surface area contributed by atoms with Gasteiger partial charge < -0.3 is 10.2 Å². The Hall–Kier alpha value is -1.79. The predicted molar refractivity (Wildman–Crippen MR) is 97.3 cm³/mol. The number of benzene rings is 1. The predicted octanol–water partition coefficient (Wildman–Crippen LogP) is 3.61. The third-order valence-corrected chi connectivity index (χ3v) is 6.59. The Balaban J connectivity index is 1.54. The highest BCUT2D eigenvalue weighted by Crippen LogP contribution is 2.32. The second kappa shape index (κ2) is 6.50. The summed E-state index contributed by atoms with van der Waals surface area (Å²) in [7, 11) is 1.91. The summed E-state index contributed by atoms with van der Waals surface area (Å²) in [6, 6.07) is 7.65. The lowest BCUT2D eigenvalue weighted by Crippen LogP contribution is -2.48. The van der Waals surface area contributed by atoms with Gasteiger partial charge >= 0.3 is 0 Å². The van der Waals surface area contributed by atoms with Gasteiger partial charge in [-0.3, -0.25) is 4.79 Å². The SMILES string of the molecule is Cc1nc(-c2ccc(F)cc2)sc1C(=O)N(C)C1CC2CCC(C1)N2. The summed E-state index contributed by atoms with van der Waals surface area (Å²) < 4.78 is 13.1. The number of piperidine rings is 1. The van der Waals surface area contributed by atoms with Crippen LogP contribution in [0, 0.1) is 12.7 Å². The van der Waals surface area contributed by atoms with Gasteiger partial charge in [0.05, 0.1) is 5.69 Å². The molecular formula is C19H22FN3OS. The second-order valence-electron chi connectivity index (χ2n) is 7.12. The number of fused-ring (bicyclic) bond motifs is 2. The summed E-state index contributed by atoms with van der Waals surface area (Å²) in [5.74, 6) is -0.219. The van der Waals surface area contributed by atoms with Crippen molar-refractivity contribution in [2.75, 3.05) is 7.05 Å². The van der Waals surface area contributed by atoms with Crippen molar-refractivity contribution < 1.29 is 9.18 Å². The molecule has 2 aliphatic heterocycles. The molecule has 1 aromatic carbocycles. The first-order valence-corrected chi connectivity index (χ1v) is 9.59. The van der Waals surface area contributed by atoms with E-state index < -0.39 is 0 Å². The first kappa shape index (κ1) is 16.7. The monoisotopic (exact) mass is 359 g/mol. The third kappa shape index (κ3) is 3.20. The average molecular weight is 359 g/mol. The maximum atomic E-state index is 13.1. The first-order chi connectivity index (χ1) is 12.0. The molecule has 4 nitrogen and oxygen atoms in total. The Kier molecular flexibility index (Phi) is 4.33. The molecule has 4 rings (SSSR count). The van der Waals surface area contributed by atoms with Gasteiger partial charge in [0.25, 0.3) is 5.91 Å². The van der Waals surface area contributed by atoms with Crippen LogP contribution < -0.4 is 5.32 Å². The zero-order chi connectivity index (χ0) is 17.6. The largest absolute Gasteiger partial charge is 0.338 e. The van der Waals surface area contributed by atoms with Gasteiger partial charge in [-0.2, -0.15) is 0 Å². The van der Waals surface area contributed by atoms with Crippen LogP contribution >= 0.6 is 11.3 Å². The number of rotatable bonds is 3. The molecule has 25 heavy (non-hydrogen) atoms. The fourth-order valence-electron chi connectivity index (χ4n) is 3.98. The van der Waals surface area contributed by atoms with Crippen molar-refractivity contribution in [1.29, 1.82) is 0 Å². The number of carbonyl (C=O) groups excluding carboxylic acids is 1. The number of thiazole rings is 1. The number of nitrogens with zero attached hydrogens (tertiary/aromatic N) is 2. The molecule has 0 saturated carbocycles. The number of halogens is 1. The average Bonchev–Trinajstić information content (AvgIpc) is 3.16. The number of aryl methyl sites for hydroxylation is 1. The van der Waals surface area contributed by atoms with E-state index in [0.717, 1.165) is 29.1 Å². The molecule has 2 saturated heterocycles. The molecule has 1 N–H and O–H groups in total.